The minimum absolute atomic E-state index is 0.0512. The summed E-state index contributed by atoms with van der Waals surface area (Å²) in [4.78, 5) is 20.6. The Kier molecular flexibility index (Phi) is 6.30. The number of para-hydroxylation sites is 1. The molecule has 0 saturated carbocycles. The van der Waals surface area contributed by atoms with Crippen LogP contribution in [-0.2, 0) is 0 Å². The van der Waals surface area contributed by atoms with Crippen LogP contribution < -0.4 is 4.74 Å². The SMILES string of the molecule is CC(C)n1ncc2c(C(=O)N3CCC(COc4ccccc4)CC3)cc(-c3ccccc3)nc21. The maximum absolute atomic E-state index is 13.7. The van der Waals surface area contributed by atoms with Crippen LogP contribution in [0.1, 0.15) is 43.1 Å². The Labute approximate surface area is 200 Å². The fourth-order valence-corrected chi connectivity index (χ4v) is 4.53. The monoisotopic (exact) mass is 454 g/mol. The van der Waals surface area contributed by atoms with Crippen molar-refractivity contribution in [3.8, 4) is 17.0 Å². The Morgan fingerprint density at radius 2 is 1.71 bits per heavy atom. The number of carbonyl (C=O) groups is 1. The van der Waals surface area contributed by atoms with Crippen LogP contribution in [0, 0.1) is 5.92 Å². The van der Waals surface area contributed by atoms with E-state index in [4.69, 9.17) is 9.72 Å². The van der Waals surface area contributed by atoms with Gasteiger partial charge >= 0.3 is 0 Å². The number of hydrogen-bond donors (Lipinski definition) is 0. The Hall–Kier alpha value is -3.67. The fourth-order valence-electron chi connectivity index (χ4n) is 4.53. The first kappa shape index (κ1) is 22.1. The van der Waals surface area contributed by atoms with E-state index >= 15 is 0 Å². The van der Waals surface area contributed by atoms with E-state index in [1.165, 1.54) is 0 Å². The van der Waals surface area contributed by atoms with Crippen LogP contribution >= 0.6 is 0 Å². The number of ether oxygens (including phenoxy) is 1. The summed E-state index contributed by atoms with van der Waals surface area (Å²) < 4.78 is 7.85. The van der Waals surface area contributed by atoms with Gasteiger partial charge in [0.25, 0.3) is 5.91 Å². The van der Waals surface area contributed by atoms with Crippen molar-refractivity contribution in [1.82, 2.24) is 19.7 Å². The van der Waals surface area contributed by atoms with Gasteiger partial charge in [0.1, 0.15) is 5.75 Å². The highest BCUT2D eigenvalue weighted by Crippen LogP contribution is 2.28. The molecule has 0 N–H and O–H groups in total. The number of rotatable bonds is 6. The van der Waals surface area contributed by atoms with E-state index in [1.807, 2.05) is 76.3 Å². The second-order valence-corrected chi connectivity index (χ2v) is 9.20. The number of nitrogens with zero attached hydrogens (tertiary/aromatic N) is 4. The summed E-state index contributed by atoms with van der Waals surface area (Å²) in [5, 5.41) is 5.36. The molecule has 6 nitrogen and oxygen atoms in total. The lowest BCUT2D eigenvalue weighted by Gasteiger charge is -2.32. The van der Waals surface area contributed by atoms with Gasteiger partial charge in [-0.3, -0.25) is 4.79 Å². The quantitative estimate of drug-likeness (QED) is 0.380. The highest BCUT2D eigenvalue weighted by Gasteiger charge is 2.27. The van der Waals surface area contributed by atoms with E-state index in [1.54, 1.807) is 6.20 Å². The molecule has 0 unspecified atom stereocenters. The van der Waals surface area contributed by atoms with Gasteiger partial charge in [-0.05, 0) is 50.8 Å². The molecule has 0 bridgehead atoms. The third kappa shape index (κ3) is 4.53. The van der Waals surface area contributed by atoms with Gasteiger partial charge in [-0.25, -0.2) is 9.67 Å². The number of pyridine rings is 1. The predicted octanol–water partition coefficient (Wildman–Crippen LogP) is 5.61. The largest absolute Gasteiger partial charge is 0.493 e. The number of benzene rings is 2. The fraction of sp³-hybridized carbons (Fsp3) is 0.321. The molecular weight excluding hydrogens is 424 g/mol. The Morgan fingerprint density at radius 1 is 1.03 bits per heavy atom. The molecule has 4 aromatic rings. The number of likely N-dealkylation sites (tertiary alicyclic amines) is 1. The molecule has 3 heterocycles. The van der Waals surface area contributed by atoms with Crippen molar-refractivity contribution >= 4 is 16.9 Å². The lowest BCUT2D eigenvalue weighted by Crippen LogP contribution is -2.39. The highest BCUT2D eigenvalue weighted by molar-refractivity contribution is 6.06. The number of fused-ring (bicyclic) bond motifs is 1. The number of amides is 1. The molecule has 1 fully saturated rings. The molecule has 1 aliphatic rings. The standard InChI is InChI=1S/C28H30N4O2/c1-20(2)32-27-25(18-29-32)24(17-26(30-27)22-9-5-3-6-10-22)28(33)31-15-13-21(14-16-31)19-34-23-11-7-4-8-12-23/h3-12,17-18,20-21H,13-16,19H2,1-2H3. The summed E-state index contributed by atoms with van der Waals surface area (Å²) in [5.74, 6) is 1.40. The average Bonchev–Trinajstić information content (AvgIpc) is 3.32. The Morgan fingerprint density at radius 3 is 2.38 bits per heavy atom. The Balaban J connectivity index is 1.36. The van der Waals surface area contributed by atoms with Crippen LogP contribution in [0.4, 0.5) is 0 Å². The van der Waals surface area contributed by atoms with Gasteiger partial charge in [0, 0.05) is 24.7 Å². The van der Waals surface area contributed by atoms with E-state index in [2.05, 4.69) is 18.9 Å². The lowest BCUT2D eigenvalue weighted by molar-refractivity contribution is 0.0663. The molecule has 0 atom stereocenters. The molecule has 0 spiro atoms. The molecule has 1 saturated heterocycles. The van der Waals surface area contributed by atoms with Crippen molar-refractivity contribution < 1.29 is 9.53 Å². The van der Waals surface area contributed by atoms with Crippen molar-refractivity contribution in [2.75, 3.05) is 19.7 Å². The molecule has 5 rings (SSSR count). The minimum atomic E-state index is 0.0512. The van der Waals surface area contributed by atoms with Gasteiger partial charge in [-0.2, -0.15) is 5.10 Å². The molecule has 2 aromatic heterocycles. The summed E-state index contributed by atoms with van der Waals surface area (Å²) in [6.07, 6.45) is 3.65. The van der Waals surface area contributed by atoms with Gasteiger partial charge in [-0.15, -0.1) is 0 Å². The summed E-state index contributed by atoms with van der Waals surface area (Å²) in [6, 6.07) is 22.0. The molecule has 0 aliphatic carbocycles. The highest BCUT2D eigenvalue weighted by atomic mass is 16.5. The molecule has 0 radical (unpaired) electrons. The van der Waals surface area contributed by atoms with E-state index in [0.717, 1.165) is 54.0 Å². The normalized spacial score (nSPS) is 14.6. The first-order chi connectivity index (χ1) is 16.6. The predicted molar refractivity (Wildman–Crippen MR) is 134 cm³/mol. The zero-order valence-electron chi connectivity index (χ0n) is 19.7. The van der Waals surface area contributed by atoms with Gasteiger partial charge in [-0.1, -0.05) is 48.5 Å². The second kappa shape index (κ2) is 9.67. The van der Waals surface area contributed by atoms with E-state index in [0.29, 0.717) is 18.1 Å². The number of piperidine rings is 1. The first-order valence-electron chi connectivity index (χ1n) is 12.0. The zero-order valence-corrected chi connectivity index (χ0v) is 19.7. The van der Waals surface area contributed by atoms with Gasteiger partial charge in [0.15, 0.2) is 5.65 Å². The van der Waals surface area contributed by atoms with E-state index in [9.17, 15) is 4.79 Å². The van der Waals surface area contributed by atoms with Crippen LogP contribution in [0.2, 0.25) is 0 Å². The van der Waals surface area contributed by atoms with Crippen molar-refractivity contribution in [3.63, 3.8) is 0 Å². The molecule has 1 amide bonds. The van der Waals surface area contributed by atoms with Gasteiger partial charge in [0.2, 0.25) is 0 Å². The number of hydrogen-bond acceptors (Lipinski definition) is 4. The van der Waals surface area contributed by atoms with Crippen LogP contribution in [0.25, 0.3) is 22.3 Å². The lowest BCUT2D eigenvalue weighted by atomic mass is 9.96. The van der Waals surface area contributed by atoms with Crippen molar-refractivity contribution in [3.05, 3.63) is 78.5 Å². The summed E-state index contributed by atoms with van der Waals surface area (Å²) in [6.45, 7) is 6.29. The van der Waals surface area contributed by atoms with Crippen molar-refractivity contribution in [1.29, 1.82) is 0 Å². The van der Waals surface area contributed by atoms with Crippen molar-refractivity contribution in [2.24, 2.45) is 5.92 Å². The molecule has 2 aromatic carbocycles. The summed E-state index contributed by atoms with van der Waals surface area (Å²) >= 11 is 0. The van der Waals surface area contributed by atoms with Gasteiger partial charge < -0.3 is 9.64 Å². The molecule has 1 aliphatic heterocycles. The zero-order chi connectivity index (χ0) is 23.5. The smallest absolute Gasteiger partial charge is 0.254 e. The van der Waals surface area contributed by atoms with Crippen LogP contribution in [0.3, 0.4) is 0 Å². The second-order valence-electron chi connectivity index (χ2n) is 9.20. The molecular formula is C28H30N4O2. The van der Waals surface area contributed by atoms with Crippen LogP contribution in [-0.4, -0.2) is 45.3 Å². The Bertz CT molecular complexity index is 1260. The average molecular weight is 455 g/mol. The van der Waals surface area contributed by atoms with Crippen LogP contribution in [0.15, 0.2) is 72.9 Å². The first-order valence-corrected chi connectivity index (χ1v) is 12.0. The maximum atomic E-state index is 13.7. The minimum Gasteiger partial charge on any atom is -0.493 e. The third-order valence-electron chi connectivity index (χ3n) is 6.49. The van der Waals surface area contributed by atoms with E-state index < -0.39 is 0 Å². The molecule has 174 valence electrons. The summed E-state index contributed by atoms with van der Waals surface area (Å²) in [7, 11) is 0. The summed E-state index contributed by atoms with van der Waals surface area (Å²) in [5.41, 5.74) is 3.22. The molecule has 34 heavy (non-hydrogen) atoms. The maximum Gasteiger partial charge on any atom is 0.254 e. The molecule has 6 heteroatoms. The number of carbonyl (C=O) groups excluding carboxylic acids is 1. The van der Waals surface area contributed by atoms with Crippen molar-refractivity contribution in [2.45, 2.75) is 32.7 Å². The van der Waals surface area contributed by atoms with Crippen LogP contribution in [0.5, 0.6) is 5.75 Å². The van der Waals surface area contributed by atoms with Gasteiger partial charge in [0.05, 0.1) is 29.4 Å². The van der Waals surface area contributed by atoms with E-state index in [-0.39, 0.29) is 11.9 Å². The topological polar surface area (TPSA) is 60.2 Å². The third-order valence-corrected chi connectivity index (χ3v) is 6.49. The number of aromatic nitrogens is 3.